The van der Waals surface area contributed by atoms with Gasteiger partial charge in [-0.05, 0) is 24.4 Å². The Kier molecular flexibility index (Phi) is 3.17. The van der Waals surface area contributed by atoms with E-state index in [1.807, 2.05) is 0 Å². The van der Waals surface area contributed by atoms with Gasteiger partial charge in [-0.2, -0.15) is 13.2 Å². The van der Waals surface area contributed by atoms with Crippen molar-refractivity contribution >= 4 is 12.2 Å². The van der Waals surface area contributed by atoms with E-state index in [2.05, 4.69) is 5.10 Å². The van der Waals surface area contributed by atoms with Gasteiger partial charge < -0.3 is 0 Å². The number of alkyl halides is 3. The minimum Gasteiger partial charge on any atom is -0.258 e. The highest BCUT2D eigenvalue weighted by atomic mass is 32.1. The van der Waals surface area contributed by atoms with Gasteiger partial charge in [-0.3, -0.25) is 4.57 Å². The van der Waals surface area contributed by atoms with Crippen LogP contribution in [0.1, 0.15) is 5.82 Å². The monoisotopic (exact) mass is 295 g/mol. The SMILES string of the molecule is Cn1nc(C(F)(F)F)n(-c2c(F)cccc2F)c1=S. The lowest BCUT2D eigenvalue weighted by molar-refractivity contribution is -0.146. The maximum atomic E-state index is 13.6. The van der Waals surface area contributed by atoms with Gasteiger partial charge in [0, 0.05) is 7.05 Å². The number of aryl methyl sites for hydroxylation is 1. The van der Waals surface area contributed by atoms with Crippen LogP contribution in [0.2, 0.25) is 0 Å². The number of rotatable bonds is 1. The van der Waals surface area contributed by atoms with Crippen LogP contribution < -0.4 is 0 Å². The van der Waals surface area contributed by atoms with Gasteiger partial charge in [0.2, 0.25) is 10.6 Å². The Labute approximate surface area is 108 Å². The molecule has 0 bridgehead atoms. The molecule has 0 spiro atoms. The van der Waals surface area contributed by atoms with Crippen molar-refractivity contribution in [3.63, 3.8) is 0 Å². The molecule has 0 saturated heterocycles. The minimum absolute atomic E-state index is 0.236. The van der Waals surface area contributed by atoms with Crippen LogP contribution in [-0.2, 0) is 13.2 Å². The van der Waals surface area contributed by atoms with Crippen LogP contribution in [0.4, 0.5) is 22.0 Å². The molecule has 3 nitrogen and oxygen atoms in total. The number of hydrogen-bond donors (Lipinski definition) is 0. The van der Waals surface area contributed by atoms with Crippen LogP contribution in [-0.4, -0.2) is 14.3 Å². The molecule has 0 atom stereocenters. The van der Waals surface area contributed by atoms with Gasteiger partial charge in [0.25, 0.3) is 0 Å². The van der Waals surface area contributed by atoms with Crippen molar-refractivity contribution in [3.8, 4) is 5.69 Å². The van der Waals surface area contributed by atoms with Crippen LogP contribution >= 0.6 is 12.2 Å². The number of halogens is 5. The highest BCUT2D eigenvalue weighted by Crippen LogP contribution is 2.31. The summed E-state index contributed by atoms with van der Waals surface area (Å²) in [5.41, 5.74) is -0.895. The Hall–Kier alpha value is -1.77. The molecule has 0 aliphatic rings. The van der Waals surface area contributed by atoms with Crippen molar-refractivity contribution in [2.24, 2.45) is 7.05 Å². The van der Waals surface area contributed by atoms with Gasteiger partial charge in [-0.1, -0.05) is 6.07 Å². The smallest absolute Gasteiger partial charge is 0.258 e. The molecule has 19 heavy (non-hydrogen) atoms. The van der Waals surface area contributed by atoms with E-state index >= 15 is 0 Å². The number of nitrogens with zero attached hydrogens (tertiary/aromatic N) is 3. The summed E-state index contributed by atoms with van der Waals surface area (Å²) in [6, 6.07) is 2.72. The summed E-state index contributed by atoms with van der Waals surface area (Å²) in [7, 11) is 1.16. The normalized spacial score (nSPS) is 11.9. The van der Waals surface area contributed by atoms with Crippen molar-refractivity contribution in [3.05, 3.63) is 40.4 Å². The van der Waals surface area contributed by atoms with E-state index in [0.29, 0.717) is 0 Å². The average molecular weight is 295 g/mol. The molecule has 0 saturated carbocycles. The fourth-order valence-electron chi connectivity index (χ4n) is 1.55. The van der Waals surface area contributed by atoms with Crippen molar-refractivity contribution in [1.29, 1.82) is 0 Å². The predicted octanol–water partition coefficient (Wildman–Crippen LogP) is 3.24. The van der Waals surface area contributed by atoms with Gasteiger partial charge in [0.1, 0.15) is 17.3 Å². The summed E-state index contributed by atoms with van der Waals surface area (Å²) >= 11 is 4.71. The molecule has 0 amide bonds. The molecule has 0 aliphatic carbocycles. The molecule has 2 rings (SSSR count). The molecule has 0 unspecified atom stereocenters. The lowest BCUT2D eigenvalue weighted by Crippen LogP contribution is -2.15. The summed E-state index contributed by atoms with van der Waals surface area (Å²) in [5, 5.41) is 3.16. The van der Waals surface area contributed by atoms with E-state index in [9.17, 15) is 22.0 Å². The third-order valence-corrected chi connectivity index (χ3v) is 2.79. The fraction of sp³-hybridized carbons (Fsp3) is 0.200. The van der Waals surface area contributed by atoms with Crippen molar-refractivity contribution in [2.75, 3.05) is 0 Å². The second-order valence-electron chi connectivity index (χ2n) is 3.63. The van der Waals surface area contributed by atoms with E-state index in [4.69, 9.17) is 12.2 Å². The molecule has 102 valence electrons. The Bertz CT molecular complexity index is 665. The van der Waals surface area contributed by atoms with Crippen LogP contribution in [0.5, 0.6) is 0 Å². The first kappa shape index (κ1) is 13.7. The van der Waals surface area contributed by atoms with Crippen LogP contribution in [0, 0.1) is 16.4 Å². The quantitative estimate of drug-likeness (QED) is 0.595. The van der Waals surface area contributed by atoms with E-state index < -0.39 is 34.1 Å². The number of hydrogen-bond acceptors (Lipinski definition) is 2. The summed E-state index contributed by atoms with van der Waals surface area (Å²) in [6.45, 7) is 0. The van der Waals surface area contributed by atoms with E-state index in [1.54, 1.807) is 0 Å². The first-order valence-electron chi connectivity index (χ1n) is 4.91. The van der Waals surface area contributed by atoms with Gasteiger partial charge in [0.15, 0.2) is 0 Å². The fourth-order valence-corrected chi connectivity index (χ4v) is 1.77. The summed E-state index contributed by atoms with van der Waals surface area (Å²) in [4.78, 5) is 0. The topological polar surface area (TPSA) is 22.8 Å². The first-order valence-corrected chi connectivity index (χ1v) is 5.32. The first-order chi connectivity index (χ1) is 8.73. The lowest BCUT2D eigenvalue weighted by Gasteiger charge is -2.10. The second-order valence-corrected chi connectivity index (χ2v) is 4.00. The number of benzene rings is 1. The maximum Gasteiger partial charge on any atom is 0.452 e. The van der Waals surface area contributed by atoms with E-state index in [-0.39, 0.29) is 4.57 Å². The molecular weight excluding hydrogens is 289 g/mol. The van der Waals surface area contributed by atoms with Crippen LogP contribution in [0.25, 0.3) is 5.69 Å². The maximum absolute atomic E-state index is 13.6. The lowest BCUT2D eigenvalue weighted by atomic mass is 10.3. The number of aromatic nitrogens is 3. The van der Waals surface area contributed by atoms with Crippen molar-refractivity contribution in [2.45, 2.75) is 6.18 Å². The summed E-state index contributed by atoms with van der Waals surface area (Å²) < 4.78 is 66.1. The highest BCUT2D eigenvalue weighted by molar-refractivity contribution is 7.71. The number of para-hydroxylation sites is 1. The zero-order valence-corrected chi connectivity index (χ0v) is 10.2. The summed E-state index contributed by atoms with van der Waals surface area (Å²) in [5.74, 6) is -3.80. The molecular formula is C10H6F5N3S. The van der Waals surface area contributed by atoms with Gasteiger partial charge in [-0.25, -0.2) is 13.5 Å². The Balaban J connectivity index is 2.87. The largest absolute Gasteiger partial charge is 0.452 e. The van der Waals surface area contributed by atoms with Gasteiger partial charge in [0.05, 0.1) is 0 Å². The van der Waals surface area contributed by atoms with E-state index in [1.165, 1.54) is 0 Å². The minimum atomic E-state index is -4.89. The molecule has 0 fully saturated rings. The van der Waals surface area contributed by atoms with E-state index in [0.717, 1.165) is 29.9 Å². The molecule has 0 radical (unpaired) electrons. The molecule has 1 aromatic carbocycles. The molecule has 2 aromatic rings. The Morgan fingerprint density at radius 2 is 1.68 bits per heavy atom. The molecule has 1 aromatic heterocycles. The highest BCUT2D eigenvalue weighted by Gasteiger charge is 2.39. The third-order valence-electron chi connectivity index (χ3n) is 2.34. The standard InChI is InChI=1S/C10H6F5N3S/c1-17-9(19)18(8(16-17)10(13,14)15)7-5(11)3-2-4-6(7)12/h2-4H,1H3. The predicted molar refractivity (Wildman–Crippen MR) is 58.3 cm³/mol. The molecule has 0 aliphatic heterocycles. The van der Waals surface area contributed by atoms with Crippen LogP contribution in [0.3, 0.4) is 0 Å². The zero-order valence-electron chi connectivity index (χ0n) is 9.37. The second kappa shape index (κ2) is 4.41. The Morgan fingerprint density at radius 1 is 1.16 bits per heavy atom. The molecule has 0 N–H and O–H groups in total. The summed E-state index contributed by atoms with van der Waals surface area (Å²) in [6.07, 6.45) is -4.89. The third kappa shape index (κ3) is 2.25. The average Bonchev–Trinajstić information content (AvgIpc) is 2.57. The molecule has 9 heteroatoms. The zero-order chi connectivity index (χ0) is 14.4. The van der Waals surface area contributed by atoms with Crippen molar-refractivity contribution < 1.29 is 22.0 Å². The van der Waals surface area contributed by atoms with Crippen LogP contribution in [0.15, 0.2) is 18.2 Å². The van der Waals surface area contributed by atoms with Crippen molar-refractivity contribution in [1.82, 2.24) is 14.3 Å². The Morgan fingerprint density at radius 3 is 2.16 bits per heavy atom. The van der Waals surface area contributed by atoms with Gasteiger partial charge in [-0.15, -0.1) is 5.10 Å². The van der Waals surface area contributed by atoms with Gasteiger partial charge >= 0.3 is 6.18 Å². The molecule has 1 heterocycles.